The fraction of sp³-hybridized carbons (Fsp3) is 0.158. The van der Waals surface area contributed by atoms with Crippen LogP contribution in [0.5, 0.6) is 0 Å². The van der Waals surface area contributed by atoms with Gasteiger partial charge in [-0.05, 0) is 43.3 Å². The van der Waals surface area contributed by atoms with Crippen molar-refractivity contribution in [2.45, 2.75) is 13.5 Å². The average molecular weight is 368 g/mol. The largest absolute Gasteiger partial charge is 0.355 e. The van der Waals surface area contributed by atoms with Crippen LogP contribution in [0.25, 0.3) is 10.9 Å². The second-order valence-corrected chi connectivity index (χ2v) is 5.77. The van der Waals surface area contributed by atoms with E-state index in [9.17, 15) is 18.8 Å². The molecule has 0 atom stereocenters. The van der Waals surface area contributed by atoms with Crippen molar-refractivity contribution in [3.63, 3.8) is 0 Å². The molecule has 2 N–H and O–H groups in total. The summed E-state index contributed by atoms with van der Waals surface area (Å²) in [6, 6.07) is 10.0. The summed E-state index contributed by atoms with van der Waals surface area (Å²) in [6.45, 7) is 2.20. The van der Waals surface area contributed by atoms with Gasteiger partial charge in [-0.2, -0.15) is 5.10 Å². The fourth-order valence-electron chi connectivity index (χ4n) is 2.73. The van der Waals surface area contributed by atoms with Crippen molar-refractivity contribution >= 4 is 28.4 Å². The molecule has 0 aliphatic carbocycles. The van der Waals surface area contributed by atoms with Crippen LogP contribution in [0.1, 0.15) is 27.8 Å². The van der Waals surface area contributed by atoms with Gasteiger partial charge in [0.25, 0.3) is 11.8 Å². The molecule has 27 heavy (non-hydrogen) atoms. The number of aryl methyl sites for hydroxylation is 1. The Labute approximate surface area is 153 Å². The summed E-state index contributed by atoms with van der Waals surface area (Å²) in [7, 11) is 1.50. The second kappa shape index (κ2) is 7.36. The van der Waals surface area contributed by atoms with Gasteiger partial charge < -0.3 is 10.6 Å². The third-order valence-electron chi connectivity index (χ3n) is 4.04. The molecule has 1 heterocycles. The molecule has 0 unspecified atom stereocenters. The van der Waals surface area contributed by atoms with E-state index in [2.05, 4.69) is 15.7 Å². The number of hydrogen-bond donors (Lipinski definition) is 2. The van der Waals surface area contributed by atoms with Crippen LogP contribution in [0.4, 0.5) is 10.1 Å². The molecule has 138 valence electrons. The molecule has 0 radical (unpaired) electrons. The van der Waals surface area contributed by atoms with Gasteiger partial charge >= 0.3 is 0 Å². The number of benzene rings is 2. The normalized spacial score (nSPS) is 10.6. The quantitative estimate of drug-likeness (QED) is 0.738. The summed E-state index contributed by atoms with van der Waals surface area (Å²) in [5, 5.41) is 9.24. The smallest absolute Gasteiger partial charge is 0.280 e. The zero-order valence-electron chi connectivity index (χ0n) is 14.7. The lowest BCUT2D eigenvalue weighted by Crippen LogP contribution is -2.27. The number of amides is 2. The van der Waals surface area contributed by atoms with E-state index in [4.69, 9.17) is 0 Å². The van der Waals surface area contributed by atoms with Gasteiger partial charge in [0.1, 0.15) is 5.82 Å². The number of hydrogen-bond acceptors (Lipinski definition) is 4. The Morgan fingerprint density at radius 3 is 2.63 bits per heavy atom. The van der Waals surface area contributed by atoms with E-state index in [1.807, 2.05) is 0 Å². The minimum atomic E-state index is -0.734. The Balaban J connectivity index is 2.02. The van der Waals surface area contributed by atoms with Gasteiger partial charge in [0, 0.05) is 24.8 Å². The number of nitrogens with zero attached hydrogens (tertiary/aromatic N) is 2. The van der Waals surface area contributed by atoms with Crippen LogP contribution in [-0.2, 0) is 6.54 Å². The van der Waals surface area contributed by atoms with Crippen LogP contribution in [-0.4, -0.2) is 28.6 Å². The number of carbonyl (C=O) groups excluding carboxylic acids is 2. The van der Waals surface area contributed by atoms with Crippen LogP contribution in [0.15, 0.2) is 47.3 Å². The standard InChI is InChI=1S/C19H17FN4O3/c1-3-24-15-8-7-12(20)10-14(15)17(25)16(23-24)19(27)22-13-6-4-5-11(9-13)18(26)21-2/h4-10H,3H2,1-2H3,(H,21,26)(H,22,27). The van der Waals surface area contributed by atoms with Gasteiger partial charge in [-0.3, -0.25) is 19.1 Å². The van der Waals surface area contributed by atoms with Crippen molar-refractivity contribution in [3.05, 3.63) is 69.8 Å². The predicted octanol–water partition coefficient (Wildman–Crippen LogP) is 2.17. The molecule has 0 fully saturated rings. The molecular formula is C19H17FN4O3. The van der Waals surface area contributed by atoms with E-state index in [0.717, 1.165) is 6.07 Å². The number of carbonyl (C=O) groups is 2. The van der Waals surface area contributed by atoms with Crippen molar-refractivity contribution in [2.75, 3.05) is 12.4 Å². The molecule has 0 saturated heterocycles. The Kier molecular flexibility index (Phi) is 4.98. The van der Waals surface area contributed by atoms with Gasteiger partial charge in [-0.25, -0.2) is 4.39 Å². The van der Waals surface area contributed by atoms with Crippen molar-refractivity contribution < 1.29 is 14.0 Å². The molecule has 0 spiro atoms. The molecular weight excluding hydrogens is 351 g/mol. The number of rotatable bonds is 4. The first-order chi connectivity index (χ1) is 12.9. The maximum atomic E-state index is 13.6. The van der Waals surface area contributed by atoms with Crippen molar-refractivity contribution in [1.29, 1.82) is 0 Å². The maximum absolute atomic E-state index is 13.6. The maximum Gasteiger partial charge on any atom is 0.280 e. The van der Waals surface area contributed by atoms with Crippen LogP contribution in [0.3, 0.4) is 0 Å². The molecule has 7 nitrogen and oxygen atoms in total. The highest BCUT2D eigenvalue weighted by molar-refractivity contribution is 6.05. The summed E-state index contributed by atoms with van der Waals surface area (Å²) >= 11 is 0. The van der Waals surface area contributed by atoms with Crippen molar-refractivity contribution in [1.82, 2.24) is 15.1 Å². The van der Waals surface area contributed by atoms with Gasteiger partial charge in [0.05, 0.1) is 10.9 Å². The van der Waals surface area contributed by atoms with E-state index >= 15 is 0 Å². The zero-order chi connectivity index (χ0) is 19.6. The molecule has 0 saturated carbocycles. The Hall–Kier alpha value is -3.55. The molecule has 3 aromatic rings. The highest BCUT2D eigenvalue weighted by Gasteiger charge is 2.18. The molecule has 8 heteroatoms. The molecule has 2 aromatic carbocycles. The van der Waals surface area contributed by atoms with E-state index < -0.39 is 17.2 Å². The highest BCUT2D eigenvalue weighted by Crippen LogP contribution is 2.14. The minimum Gasteiger partial charge on any atom is -0.355 e. The van der Waals surface area contributed by atoms with Crippen LogP contribution in [0, 0.1) is 5.82 Å². The van der Waals surface area contributed by atoms with E-state index in [-0.39, 0.29) is 17.0 Å². The lowest BCUT2D eigenvalue weighted by atomic mass is 10.1. The number of anilines is 1. The number of halogens is 1. The first-order valence-electron chi connectivity index (χ1n) is 8.28. The first-order valence-corrected chi connectivity index (χ1v) is 8.28. The van der Waals surface area contributed by atoms with E-state index in [1.54, 1.807) is 25.1 Å². The third kappa shape index (κ3) is 3.55. The van der Waals surface area contributed by atoms with E-state index in [1.165, 1.54) is 29.9 Å². The van der Waals surface area contributed by atoms with Crippen LogP contribution in [0.2, 0.25) is 0 Å². The Morgan fingerprint density at radius 1 is 1.15 bits per heavy atom. The summed E-state index contributed by atoms with van der Waals surface area (Å²) in [5.41, 5.74) is 0.135. The van der Waals surface area contributed by atoms with E-state index in [0.29, 0.717) is 23.3 Å². The number of nitrogens with one attached hydrogen (secondary N) is 2. The summed E-state index contributed by atoms with van der Waals surface area (Å²) in [4.78, 5) is 36.9. The molecule has 0 aliphatic heterocycles. The first kappa shape index (κ1) is 18.2. The average Bonchev–Trinajstić information content (AvgIpc) is 2.68. The Bertz CT molecular complexity index is 1110. The SMILES string of the molecule is CCn1nc(C(=O)Nc2cccc(C(=O)NC)c2)c(=O)c2cc(F)ccc21. The van der Waals surface area contributed by atoms with Crippen molar-refractivity contribution in [3.8, 4) is 0 Å². The monoisotopic (exact) mass is 368 g/mol. The van der Waals surface area contributed by atoms with Gasteiger partial charge in [-0.1, -0.05) is 6.07 Å². The van der Waals surface area contributed by atoms with Crippen LogP contribution >= 0.6 is 0 Å². The predicted molar refractivity (Wildman–Crippen MR) is 99.4 cm³/mol. The number of fused-ring (bicyclic) bond motifs is 1. The number of aromatic nitrogens is 2. The van der Waals surface area contributed by atoms with Crippen molar-refractivity contribution in [2.24, 2.45) is 0 Å². The molecule has 0 bridgehead atoms. The third-order valence-corrected chi connectivity index (χ3v) is 4.04. The zero-order valence-corrected chi connectivity index (χ0v) is 14.7. The fourth-order valence-corrected chi connectivity index (χ4v) is 2.73. The second-order valence-electron chi connectivity index (χ2n) is 5.77. The summed E-state index contributed by atoms with van der Waals surface area (Å²) < 4.78 is 15.0. The van der Waals surface area contributed by atoms with Gasteiger partial charge in [-0.15, -0.1) is 0 Å². The summed E-state index contributed by atoms with van der Waals surface area (Å²) in [6.07, 6.45) is 0. The Morgan fingerprint density at radius 2 is 1.93 bits per heavy atom. The molecule has 2 amide bonds. The summed E-state index contributed by atoms with van der Waals surface area (Å²) in [5.74, 6) is -1.61. The van der Waals surface area contributed by atoms with Gasteiger partial charge in [0.2, 0.25) is 5.43 Å². The molecule has 3 rings (SSSR count). The van der Waals surface area contributed by atoms with Gasteiger partial charge in [0.15, 0.2) is 5.69 Å². The molecule has 0 aliphatic rings. The topological polar surface area (TPSA) is 93.1 Å². The van der Waals surface area contributed by atoms with Crippen LogP contribution < -0.4 is 16.1 Å². The lowest BCUT2D eigenvalue weighted by molar-refractivity contribution is 0.0961. The minimum absolute atomic E-state index is 0.0797. The lowest BCUT2D eigenvalue weighted by Gasteiger charge is -2.11. The highest BCUT2D eigenvalue weighted by atomic mass is 19.1. The molecule has 1 aromatic heterocycles.